The zero-order valence-electron chi connectivity index (χ0n) is 8.71. The van der Waals surface area contributed by atoms with Crippen LogP contribution in [-0.2, 0) is 4.74 Å². The molecule has 15 heavy (non-hydrogen) atoms. The minimum absolute atomic E-state index is 0.0853. The summed E-state index contributed by atoms with van der Waals surface area (Å²) in [5.74, 6) is 0.732. The van der Waals surface area contributed by atoms with E-state index in [1.165, 1.54) is 6.33 Å². The van der Waals surface area contributed by atoms with E-state index in [1.807, 2.05) is 6.92 Å². The standard InChI is InChI=1S/C9H14ClN3O2/c1-6(4-15-2)3-11-8-7(10)9(14)13-5-12-8/h5-6H,3-4H2,1-2H3,(H2,11,12,13,14). The fourth-order valence-electron chi connectivity index (χ4n) is 1.12. The molecule has 0 spiro atoms. The van der Waals surface area contributed by atoms with E-state index in [-0.39, 0.29) is 10.6 Å². The highest BCUT2D eigenvalue weighted by Gasteiger charge is 2.07. The van der Waals surface area contributed by atoms with Crippen molar-refractivity contribution in [2.24, 2.45) is 5.92 Å². The molecule has 1 unspecified atom stereocenters. The van der Waals surface area contributed by atoms with Gasteiger partial charge in [0.15, 0.2) is 5.82 Å². The molecule has 0 saturated carbocycles. The molecule has 6 heteroatoms. The van der Waals surface area contributed by atoms with Crippen LogP contribution in [0.15, 0.2) is 11.1 Å². The number of ether oxygens (including phenoxy) is 1. The molecule has 0 aliphatic rings. The molecule has 0 aromatic carbocycles. The van der Waals surface area contributed by atoms with Crippen molar-refractivity contribution in [1.29, 1.82) is 0 Å². The summed E-state index contributed by atoms with van der Waals surface area (Å²) in [5, 5.41) is 3.08. The lowest BCUT2D eigenvalue weighted by Gasteiger charge is -2.12. The number of aromatic amines is 1. The van der Waals surface area contributed by atoms with E-state index in [2.05, 4.69) is 15.3 Å². The predicted molar refractivity (Wildman–Crippen MR) is 59.4 cm³/mol. The number of H-pyrrole nitrogens is 1. The van der Waals surface area contributed by atoms with Gasteiger partial charge < -0.3 is 15.0 Å². The summed E-state index contributed by atoms with van der Waals surface area (Å²) in [6.07, 6.45) is 1.32. The van der Waals surface area contributed by atoms with Gasteiger partial charge >= 0.3 is 0 Å². The molecule has 0 radical (unpaired) electrons. The van der Waals surface area contributed by atoms with Crippen LogP contribution in [0.5, 0.6) is 0 Å². The molecule has 2 N–H and O–H groups in total. The molecular weight excluding hydrogens is 218 g/mol. The first kappa shape index (κ1) is 12.0. The number of methoxy groups -OCH3 is 1. The zero-order valence-corrected chi connectivity index (χ0v) is 9.47. The average Bonchev–Trinajstić information content (AvgIpc) is 2.21. The van der Waals surface area contributed by atoms with E-state index < -0.39 is 0 Å². The molecular formula is C9H14ClN3O2. The van der Waals surface area contributed by atoms with Crippen LogP contribution in [0.4, 0.5) is 5.82 Å². The van der Waals surface area contributed by atoms with Gasteiger partial charge in [-0.1, -0.05) is 18.5 Å². The van der Waals surface area contributed by atoms with E-state index in [0.717, 1.165) is 0 Å². The third kappa shape index (κ3) is 3.53. The Kier molecular flexibility index (Phi) is 4.58. The van der Waals surface area contributed by atoms with Crippen LogP contribution in [-0.4, -0.2) is 30.2 Å². The lowest BCUT2D eigenvalue weighted by Crippen LogP contribution is -2.18. The lowest BCUT2D eigenvalue weighted by atomic mass is 10.2. The average molecular weight is 232 g/mol. The van der Waals surface area contributed by atoms with Crippen LogP contribution in [0.2, 0.25) is 5.02 Å². The molecule has 0 saturated heterocycles. The van der Waals surface area contributed by atoms with Gasteiger partial charge in [-0.05, 0) is 5.92 Å². The van der Waals surface area contributed by atoms with Gasteiger partial charge in [0.25, 0.3) is 5.56 Å². The fourth-order valence-corrected chi connectivity index (χ4v) is 1.29. The summed E-state index contributed by atoms with van der Waals surface area (Å²) >= 11 is 5.75. The summed E-state index contributed by atoms with van der Waals surface area (Å²) in [7, 11) is 1.65. The Bertz CT molecular complexity index is 367. The molecule has 1 aromatic heterocycles. The van der Waals surface area contributed by atoms with Gasteiger partial charge in [-0.2, -0.15) is 0 Å². The summed E-state index contributed by atoms with van der Waals surface area (Å²) < 4.78 is 4.98. The van der Waals surface area contributed by atoms with E-state index in [1.54, 1.807) is 7.11 Å². The maximum absolute atomic E-state index is 11.1. The third-order valence-corrected chi connectivity index (χ3v) is 2.22. The smallest absolute Gasteiger partial charge is 0.271 e. The number of aromatic nitrogens is 2. The summed E-state index contributed by atoms with van der Waals surface area (Å²) in [5.41, 5.74) is -0.339. The van der Waals surface area contributed by atoms with Crippen LogP contribution in [0.1, 0.15) is 6.92 Å². The van der Waals surface area contributed by atoms with Crippen molar-refractivity contribution in [2.75, 3.05) is 25.6 Å². The minimum atomic E-state index is -0.339. The molecule has 84 valence electrons. The van der Waals surface area contributed by atoms with Gasteiger partial charge in [0.2, 0.25) is 0 Å². The largest absolute Gasteiger partial charge is 0.384 e. The third-order valence-electron chi connectivity index (χ3n) is 1.87. The van der Waals surface area contributed by atoms with Gasteiger partial charge in [0.05, 0.1) is 12.9 Å². The van der Waals surface area contributed by atoms with Crippen molar-refractivity contribution < 1.29 is 4.74 Å². The van der Waals surface area contributed by atoms with Gasteiger partial charge in [-0.25, -0.2) is 4.98 Å². The van der Waals surface area contributed by atoms with Gasteiger partial charge in [-0.15, -0.1) is 0 Å². The number of hydrogen-bond acceptors (Lipinski definition) is 4. The number of rotatable bonds is 5. The molecule has 0 fully saturated rings. The Morgan fingerprint density at radius 3 is 3.13 bits per heavy atom. The van der Waals surface area contributed by atoms with Crippen LogP contribution >= 0.6 is 11.6 Å². The van der Waals surface area contributed by atoms with Gasteiger partial charge in [-0.3, -0.25) is 4.79 Å². The maximum Gasteiger partial charge on any atom is 0.271 e. The predicted octanol–water partition coefficient (Wildman–Crippen LogP) is 1.12. The Balaban J connectivity index is 2.58. The number of hydrogen-bond donors (Lipinski definition) is 2. The van der Waals surface area contributed by atoms with Crippen molar-refractivity contribution in [3.63, 3.8) is 0 Å². The molecule has 1 rings (SSSR count). The fraction of sp³-hybridized carbons (Fsp3) is 0.556. The molecule has 1 atom stereocenters. The Labute approximate surface area is 92.8 Å². The number of anilines is 1. The second-order valence-electron chi connectivity index (χ2n) is 3.34. The van der Waals surface area contributed by atoms with E-state index in [0.29, 0.717) is 24.9 Å². The Hall–Kier alpha value is -1.07. The van der Waals surface area contributed by atoms with E-state index >= 15 is 0 Å². The molecule has 0 amide bonds. The van der Waals surface area contributed by atoms with Gasteiger partial charge in [0, 0.05) is 13.7 Å². The molecule has 0 aliphatic carbocycles. The normalized spacial score (nSPS) is 12.5. The van der Waals surface area contributed by atoms with Crippen molar-refractivity contribution >= 4 is 17.4 Å². The Morgan fingerprint density at radius 1 is 1.73 bits per heavy atom. The second-order valence-corrected chi connectivity index (χ2v) is 3.71. The van der Waals surface area contributed by atoms with Crippen molar-refractivity contribution in [1.82, 2.24) is 9.97 Å². The summed E-state index contributed by atoms with van der Waals surface area (Å²) in [6.45, 7) is 3.33. The van der Waals surface area contributed by atoms with Crippen LogP contribution in [0.25, 0.3) is 0 Å². The monoisotopic (exact) mass is 231 g/mol. The number of halogens is 1. The maximum atomic E-state index is 11.1. The first-order chi connectivity index (χ1) is 7.15. The minimum Gasteiger partial charge on any atom is -0.384 e. The highest BCUT2D eigenvalue weighted by atomic mass is 35.5. The molecule has 5 nitrogen and oxygen atoms in total. The SMILES string of the molecule is COCC(C)CNc1nc[nH]c(=O)c1Cl. The second kappa shape index (κ2) is 5.72. The first-order valence-corrected chi connectivity index (χ1v) is 4.99. The lowest BCUT2D eigenvalue weighted by molar-refractivity contribution is 0.164. The highest BCUT2D eigenvalue weighted by Crippen LogP contribution is 2.12. The van der Waals surface area contributed by atoms with Crippen LogP contribution < -0.4 is 10.9 Å². The Morgan fingerprint density at radius 2 is 2.47 bits per heavy atom. The number of nitrogens with one attached hydrogen (secondary N) is 2. The van der Waals surface area contributed by atoms with Crippen molar-refractivity contribution in [3.05, 3.63) is 21.7 Å². The summed E-state index contributed by atoms with van der Waals surface area (Å²) in [6, 6.07) is 0. The molecule has 0 aliphatic heterocycles. The summed E-state index contributed by atoms with van der Waals surface area (Å²) in [4.78, 5) is 17.4. The highest BCUT2D eigenvalue weighted by molar-refractivity contribution is 6.32. The van der Waals surface area contributed by atoms with Gasteiger partial charge in [0.1, 0.15) is 5.02 Å². The zero-order chi connectivity index (χ0) is 11.3. The van der Waals surface area contributed by atoms with Crippen LogP contribution in [0, 0.1) is 5.92 Å². The molecule has 1 aromatic rings. The quantitative estimate of drug-likeness (QED) is 0.797. The van der Waals surface area contributed by atoms with Crippen LogP contribution in [0.3, 0.4) is 0 Å². The first-order valence-electron chi connectivity index (χ1n) is 4.61. The topological polar surface area (TPSA) is 67.0 Å². The number of nitrogens with zero attached hydrogens (tertiary/aromatic N) is 1. The van der Waals surface area contributed by atoms with Crippen molar-refractivity contribution in [2.45, 2.75) is 6.92 Å². The molecule has 0 bridgehead atoms. The van der Waals surface area contributed by atoms with E-state index in [9.17, 15) is 4.79 Å². The van der Waals surface area contributed by atoms with Crippen molar-refractivity contribution in [3.8, 4) is 0 Å². The molecule has 1 heterocycles. The van der Waals surface area contributed by atoms with E-state index in [4.69, 9.17) is 16.3 Å².